The minimum atomic E-state index is -0.521. The predicted molar refractivity (Wildman–Crippen MR) is 70.0 cm³/mol. The van der Waals surface area contributed by atoms with Gasteiger partial charge in [-0.2, -0.15) is 0 Å². The molecule has 1 heterocycles. The Labute approximate surface area is 106 Å². The van der Waals surface area contributed by atoms with Gasteiger partial charge in [-0.05, 0) is 42.9 Å². The molecule has 0 amide bonds. The Morgan fingerprint density at radius 2 is 1.65 bits per heavy atom. The van der Waals surface area contributed by atoms with Gasteiger partial charge in [0.2, 0.25) is 0 Å². The minimum absolute atomic E-state index is 0.0408. The molecule has 0 spiro atoms. The van der Waals surface area contributed by atoms with Gasteiger partial charge in [-0.1, -0.05) is 34.1 Å². The molecule has 2 fully saturated rings. The fourth-order valence-corrected chi connectivity index (χ4v) is 3.80. The van der Waals surface area contributed by atoms with Crippen molar-refractivity contribution < 1.29 is 9.84 Å². The van der Waals surface area contributed by atoms with Gasteiger partial charge in [0.1, 0.15) is 0 Å². The van der Waals surface area contributed by atoms with E-state index in [1.165, 1.54) is 6.42 Å². The fraction of sp³-hybridized carbons (Fsp3) is 1.00. The number of hydrogen-bond acceptors (Lipinski definition) is 2. The largest absolute Gasteiger partial charge is 0.389 e. The van der Waals surface area contributed by atoms with Gasteiger partial charge in [0.15, 0.2) is 0 Å². The molecule has 1 saturated heterocycles. The quantitative estimate of drug-likeness (QED) is 0.763. The van der Waals surface area contributed by atoms with Crippen molar-refractivity contribution >= 4 is 0 Å². The fourth-order valence-electron chi connectivity index (χ4n) is 3.80. The third kappa shape index (κ3) is 2.39. The first kappa shape index (κ1) is 13.4. The second kappa shape index (κ2) is 4.24. The lowest BCUT2D eigenvalue weighted by Gasteiger charge is -2.56. The van der Waals surface area contributed by atoms with Crippen LogP contribution in [0.4, 0.5) is 0 Å². The Bertz CT molecular complexity index is 261. The van der Waals surface area contributed by atoms with Crippen LogP contribution >= 0.6 is 0 Å². The van der Waals surface area contributed by atoms with Crippen molar-refractivity contribution in [3.63, 3.8) is 0 Å². The normalized spacial score (nSPS) is 33.4. The van der Waals surface area contributed by atoms with E-state index in [9.17, 15) is 5.11 Å². The van der Waals surface area contributed by atoms with Gasteiger partial charge in [-0.15, -0.1) is 0 Å². The van der Waals surface area contributed by atoms with Crippen molar-refractivity contribution in [3.05, 3.63) is 0 Å². The van der Waals surface area contributed by atoms with Gasteiger partial charge in [0, 0.05) is 0 Å². The lowest BCUT2D eigenvalue weighted by Crippen LogP contribution is -2.57. The summed E-state index contributed by atoms with van der Waals surface area (Å²) in [6.07, 6.45) is 7.16. The summed E-state index contributed by atoms with van der Waals surface area (Å²) < 4.78 is 5.25. The van der Waals surface area contributed by atoms with Crippen LogP contribution in [0.25, 0.3) is 0 Å². The van der Waals surface area contributed by atoms with Crippen LogP contribution in [-0.4, -0.2) is 23.4 Å². The number of epoxide rings is 1. The first-order valence-corrected chi connectivity index (χ1v) is 7.13. The zero-order valence-electron chi connectivity index (χ0n) is 11.9. The smallest absolute Gasteiger partial charge is 0.0810 e. The third-order valence-corrected chi connectivity index (χ3v) is 5.31. The molecule has 1 unspecified atom stereocenters. The maximum Gasteiger partial charge on any atom is 0.0810 e. The van der Waals surface area contributed by atoms with Crippen molar-refractivity contribution in [2.24, 2.45) is 10.8 Å². The Morgan fingerprint density at radius 1 is 1.12 bits per heavy atom. The number of aliphatic hydroxyl groups is 1. The summed E-state index contributed by atoms with van der Waals surface area (Å²) in [5, 5.41) is 11.2. The van der Waals surface area contributed by atoms with Crippen molar-refractivity contribution in [2.75, 3.05) is 6.61 Å². The molecule has 1 aliphatic carbocycles. The van der Waals surface area contributed by atoms with Crippen molar-refractivity contribution in [1.82, 2.24) is 0 Å². The van der Waals surface area contributed by atoms with Gasteiger partial charge >= 0.3 is 0 Å². The van der Waals surface area contributed by atoms with Gasteiger partial charge < -0.3 is 9.84 Å². The summed E-state index contributed by atoms with van der Waals surface area (Å²) in [6.45, 7) is 9.89. The molecule has 0 aromatic heterocycles. The highest BCUT2D eigenvalue weighted by Crippen LogP contribution is 2.55. The monoisotopic (exact) mass is 240 g/mol. The van der Waals surface area contributed by atoms with E-state index >= 15 is 0 Å². The lowest BCUT2D eigenvalue weighted by atomic mass is 9.52. The predicted octanol–water partition coefficient (Wildman–Crippen LogP) is 3.52. The topological polar surface area (TPSA) is 32.8 Å². The molecule has 0 aromatic carbocycles. The Hall–Kier alpha value is -0.0800. The van der Waals surface area contributed by atoms with E-state index in [1.807, 2.05) is 0 Å². The van der Waals surface area contributed by atoms with E-state index in [1.54, 1.807) is 0 Å². The molecule has 0 aromatic rings. The van der Waals surface area contributed by atoms with Crippen molar-refractivity contribution in [1.29, 1.82) is 0 Å². The van der Waals surface area contributed by atoms with Gasteiger partial charge in [0.25, 0.3) is 0 Å². The molecule has 2 aliphatic rings. The zero-order valence-corrected chi connectivity index (χ0v) is 11.9. The van der Waals surface area contributed by atoms with E-state index in [4.69, 9.17) is 4.74 Å². The molecular formula is C15H28O2. The van der Waals surface area contributed by atoms with Crippen molar-refractivity contribution in [3.8, 4) is 0 Å². The molecular weight excluding hydrogens is 212 g/mol. The van der Waals surface area contributed by atoms with Crippen LogP contribution in [0.15, 0.2) is 0 Å². The van der Waals surface area contributed by atoms with Gasteiger partial charge in [0.05, 0.1) is 18.3 Å². The first-order valence-electron chi connectivity index (χ1n) is 7.13. The molecule has 17 heavy (non-hydrogen) atoms. The summed E-state index contributed by atoms with van der Waals surface area (Å²) in [6, 6.07) is 0. The maximum absolute atomic E-state index is 11.2. The number of ether oxygens (including phenoxy) is 1. The summed E-state index contributed by atoms with van der Waals surface area (Å²) in [5.41, 5.74) is -0.439. The molecule has 2 rings (SSSR count). The van der Waals surface area contributed by atoms with Crippen molar-refractivity contribution in [2.45, 2.75) is 77.9 Å². The average Bonchev–Trinajstić information content (AvgIpc) is 2.98. The van der Waals surface area contributed by atoms with Crippen LogP contribution in [0.2, 0.25) is 0 Å². The molecule has 1 saturated carbocycles. The Kier molecular flexibility index (Phi) is 3.33. The standard InChI is InChI=1S/C15H28O2/c1-13(2)8-6-9-14(3,4)15(13,16)10-5-7-12-11-17-12/h12,16H,5-11H2,1-4H3. The van der Waals surface area contributed by atoms with E-state index in [0.717, 1.165) is 38.7 Å². The van der Waals surface area contributed by atoms with Crippen LogP contribution in [0.3, 0.4) is 0 Å². The SMILES string of the molecule is CC1(C)CCCC(C)(C)C1(O)CCCC1CO1. The van der Waals surface area contributed by atoms with E-state index in [0.29, 0.717) is 6.10 Å². The first-order chi connectivity index (χ1) is 7.79. The van der Waals surface area contributed by atoms with Crippen LogP contribution in [0, 0.1) is 10.8 Å². The Morgan fingerprint density at radius 3 is 2.12 bits per heavy atom. The summed E-state index contributed by atoms with van der Waals surface area (Å²) in [5.74, 6) is 0. The highest BCUT2D eigenvalue weighted by molar-refractivity contribution is 5.06. The molecule has 1 atom stereocenters. The minimum Gasteiger partial charge on any atom is -0.389 e. The van der Waals surface area contributed by atoms with Crippen LogP contribution in [-0.2, 0) is 4.74 Å². The van der Waals surface area contributed by atoms with Crippen LogP contribution in [0.1, 0.15) is 66.2 Å². The highest BCUT2D eigenvalue weighted by Gasteiger charge is 2.55. The summed E-state index contributed by atoms with van der Waals surface area (Å²) in [7, 11) is 0. The third-order valence-electron chi connectivity index (χ3n) is 5.31. The highest BCUT2D eigenvalue weighted by atomic mass is 16.6. The molecule has 2 nitrogen and oxygen atoms in total. The number of rotatable bonds is 4. The second-order valence-corrected chi connectivity index (χ2v) is 7.33. The molecule has 1 aliphatic heterocycles. The van der Waals surface area contributed by atoms with Gasteiger partial charge in [-0.3, -0.25) is 0 Å². The maximum atomic E-state index is 11.2. The number of hydrogen-bond donors (Lipinski definition) is 1. The molecule has 0 bridgehead atoms. The van der Waals surface area contributed by atoms with E-state index < -0.39 is 5.60 Å². The Balaban J connectivity index is 2.04. The summed E-state index contributed by atoms with van der Waals surface area (Å²) >= 11 is 0. The summed E-state index contributed by atoms with van der Waals surface area (Å²) in [4.78, 5) is 0. The van der Waals surface area contributed by atoms with Gasteiger partial charge in [-0.25, -0.2) is 0 Å². The van der Waals surface area contributed by atoms with E-state index in [2.05, 4.69) is 27.7 Å². The molecule has 100 valence electrons. The lowest BCUT2D eigenvalue weighted by molar-refractivity contribution is -0.182. The molecule has 2 heteroatoms. The van der Waals surface area contributed by atoms with Crippen LogP contribution < -0.4 is 0 Å². The van der Waals surface area contributed by atoms with Crippen LogP contribution in [0.5, 0.6) is 0 Å². The molecule has 1 N–H and O–H groups in total. The molecule has 0 radical (unpaired) electrons. The zero-order chi connectivity index (χ0) is 12.7. The second-order valence-electron chi connectivity index (χ2n) is 7.33. The van der Waals surface area contributed by atoms with E-state index in [-0.39, 0.29) is 10.8 Å². The average molecular weight is 240 g/mol.